The second-order valence-corrected chi connectivity index (χ2v) is 8.88. The van der Waals surface area contributed by atoms with Crippen LogP contribution in [-0.2, 0) is 33.3 Å². The number of carbonyl (C=O) groups excluding carboxylic acids is 2. The zero-order chi connectivity index (χ0) is 23.1. The number of methoxy groups -OCH3 is 1. The van der Waals surface area contributed by atoms with Crippen LogP contribution in [0.2, 0.25) is 0 Å². The summed E-state index contributed by atoms with van der Waals surface area (Å²) in [6.45, 7) is 7.23. The molecule has 0 spiro atoms. The first kappa shape index (κ1) is 22.9. The van der Waals surface area contributed by atoms with Crippen LogP contribution < -0.4 is 15.4 Å². The first-order chi connectivity index (χ1) is 15.1. The molecule has 3 aliphatic rings. The lowest BCUT2D eigenvalue weighted by Gasteiger charge is -2.36. The standard InChI is InChI=1S/C22H30N2O8/c1-21(2)29-15-16(30-21)18-20(32-22(3,4)31-18)28-17(15)19(26)23-11-10-14(25)24-12-8-6-7-9-13(12)27-5/h6-9,15-18,20H,10-11H2,1-5H3,(H,23,26)(H,24,25)/t15-,16-,17+,18-,20+/m1/s1. The zero-order valence-corrected chi connectivity index (χ0v) is 18.9. The number of anilines is 1. The second-order valence-electron chi connectivity index (χ2n) is 8.88. The van der Waals surface area contributed by atoms with Crippen LogP contribution in [0.5, 0.6) is 5.75 Å². The number of nitrogens with one attached hydrogen (secondary N) is 2. The van der Waals surface area contributed by atoms with Crippen LogP contribution in [0.4, 0.5) is 5.69 Å². The maximum Gasteiger partial charge on any atom is 0.252 e. The fourth-order valence-electron chi connectivity index (χ4n) is 4.18. The normalized spacial score (nSPS) is 32.0. The van der Waals surface area contributed by atoms with Gasteiger partial charge in [-0.05, 0) is 39.8 Å². The highest BCUT2D eigenvalue weighted by molar-refractivity contribution is 5.92. The summed E-state index contributed by atoms with van der Waals surface area (Å²) in [5.41, 5.74) is 0.565. The summed E-state index contributed by atoms with van der Waals surface area (Å²) in [6.07, 6.45) is -3.33. The van der Waals surface area contributed by atoms with Crippen molar-refractivity contribution in [2.45, 2.75) is 76.4 Å². The number of amides is 2. The number of carbonyl (C=O) groups is 2. The first-order valence-electron chi connectivity index (χ1n) is 10.7. The molecule has 10 heteroatoms. The molecule has 0 saturated carbocycles. The molecule has 2 N–H and O–H groups in total. The van der Waals surface area contributed by atoms with Crippen LogP contribution in [0.25, 0.3) is 0 Å². The summed E-state index contributed by atoms with van der Waals surface area (Å²) < 4.78 is 34.8. The molecular weight excluding hydrogens is 420 g/mol. The van der Waals surface area contributed by atoms with Gasteiger partial charge in [0.15, 0.2) is 24.0 Å². The Hall–Kier alpha value is -2.24. The minimum Gasteiger partial charge on any atom is -0.495 e. The van der Waals surface area contributed by atoms with E-state index in [0.717, 1.165) is 0 Å². The van der Waals surface area contributed by atoms with E-state index in [4.69, 9.17) is 28.4 Å². The van der Waals surface area contributed by atoms with E-state index < -0.39 is 48.2 Å². The third-order valence-corrected chi connectivity index (χ3v) is 5.45. The van der Waals surface area contributed by atoms with Gasteiger partial charge in [-0.3, -0.25) is 9.59 Å². The van der Waals surface area contributed by atoms with E-state index in [-0.39, 0.29) is 18.9 Å². The molecule has 0 aliphatic carbocycles. The highest BCUT2D eigenvalue weighted by atomic mass is 16.9. The lowest BCUT2D eigenvalue weighted by Crippen LogP contribution is -2.59. The van der Waals surface area contributed by atoms with E-state index in [1.54, 1.807) is 45.9 Å². The number of fused-ring (bicyclic) bond motifs is 3. The second kappa shape index (κ2) is 8.60. The van der Waals surface area contributed by atoms with Crippen LogP contribution in [0.15, 0.2) is 24.3 Å². The quantitative estimate of drug-likeness (QED) is 0.671. The van der Waals surface area contributed by atoms with E-state index in [2.05, 4.69) is 10.6 Å². The zero-order valence-electron chi connectivity index (χ0n) is 18.9. The molecule has 2 amide bonds. The molecule has 176 valence electrons. The summed E-state index contributed by atoms with van der Waals surface area (Å²) in [7, 11) is 1.53. The van der Waals surface area contributed by atoms with Crippen molar-refractivity contribution >= 4 is 17.5 Å². The van der Waals surface area contributed by atoms with Crippen molar-refractivity contribution in [3.05, 3.63) is 24.3 Å². The lowest BCUT2D eigenvalue weighted by atomic mass is 9.98. The maximum absolute atomic E-state index is 12.9. The number of hydrogen-bond acceptors (Lipinski definition) is 8. The molecule has 1 aromatic carbocycles. The monoisotopic (exact) mass is 450 g/mol. The van der Waals surface area contributed by atoms with Crippen LogP contribution in [0, 0.1) is 0 Å². The van der Waals surface area contributed by atoms with Crippen molar-refractivity contribution in [3.8, 4) is 5.75 Å². The van der Waals surface area contributed by atoms with E-state index >= 15 is 0 Å². The highest BCUT2D eigenvalue weighted by Crippen LogP contribution is 2.44. The maximum atomic E-state index is 12.9. The van der Waals surface area contributed by atoms with Crippen molar-refractivity contribution in [1.82, 2.24) is 5.32 Å². The van der Waals surface area contributed by atoms with E-state index in [0.29, 0.717) is 11.4 Å². The van der Waals surface area contributed by atoms with Gasteiger partial charge in [-0.1, -0.05) is 12.1 Å². The molecular formula is C22H30N2O8. The Kier molecular flexibility index (Phi) is 6.17. The molecule has 0 unspecified atom stereocenters. The molecule has 3 saturated heterocycles. The van der Waals surface area contributed by atoms with Gasteiger partial charge in [0.2, 0.25) is 5.91 Å². The molecule has 4 rings (SSSR count). The molecule has 0 bridgehead atoms. The van der Waals surface area contributed by atoms with Crippen molar-refractivity contribution < 1.29 is 38.0 Å². The molecule has 0 aromatic heterocycles. The van der Waals surface area contributed by atoms with Crippen LogP contribution in [-0.4, -0.2) is 67.7 Å². The number of para-hydroxylation sites is 2. The van der Waals surface area contributed by atoms with Crippen molar-refractivity contribution in [3.63, 3.8) is 0 Å². The summed E-state index contributed by atoms with van der Waals surface area (Å²) in [4.78, 5) is 25.2. The summed E-state index contributed by atoms with van der Waals surface area (Å²) in [5.74, 6) is -1.86. The van der Waals surface area contributed by atoms with Gasteiger partial charge in [-0.25, -0.2) is 0 Å². The van der Waals surface area contributed by atoms with Crippen molar-refractivity contribution in [2.75, 3.05) is 19.0 Å². The Balaban J connectivity index is 1.35. The van der Waals surface area contributed by atoms with Gasteiger partial charge in [0, 0.05) is 13.0 Å². The average Bonchev–Trinajstić information content (AvgIpc) is 3.21. The Morgan fingerprint density at radius 3 is 2.38 bits per heavy atom. The van der Waals surface area contributed by atoms with Gasteiger partial charge in [0.25, 0.3) is 5.91 Å². The van der Waals surface area contributed by atoms with Crippen molar-refractivity contribution in [1.29, 1.82) is 0 Å². The topological polar surface area (TPSA) is 114 Å². The smallest absolute Gasteiger partial charge is 0.252 e. The molecule has 0 radical (unpaired) electrons. The molecule has 32 heavy (non-hydrogen) atoms. The summed E-state index contributed by atoms with van der Waals surface area (Å²) in [6, 6.07) is 7.10. The van der Waals surface area contributed by atoms with Gasteiger partial charge in [-0.2, -0.15) is 0 Å². The Bertz CT molecular complexity index is 873. The van der Waals surface area contributed by atoms with Crippen molar-refractivity contribution in [2.24, 2.45) is 0 Å². The third-order valence-electron chi connectivity index (χ3n) is 5.45. The molecule has 3 fully saturated rings. The van der Waals surface area contributed by atoms with Crippen LogP contribution in [0.1, 0.15) is 34.1 Å². The number of benzene rings is 1. The van der Waals surface area contributed by atoms with E-state index in [9.17, 15) is 9.59 Å². The first-order valence-corrected chi connectivity index (χ1v) is 10.7. The van der Waals surface area contributed by atoms with Gasteiger partial charge in [-0.15, -0.1) is 0 Å². The Morgan fingerprint density at radius 1 is 0.969 bits per heavy atom. The molecule has 10 nitrogen and oxygen atoms in total. The third kappa shape index (κ3) is 4.74. The largest absolute Gasteiger partial charge is 0.495 e. The van der Waals surface area contributed by atoms with Gasteiger partial charge < -0.3 is 39.1 Å². The SMILES string of the molecule is COc1ccccc1NC(=O)CCNC(=O)[C@H]1O[C@H]2OC(C)(C)O[C@@H]2[C@@H]2OC(C)(C)O[C@H]21. The van der Waals surface area contributed by atoms with Crippen LogP contribution >= 0.6 is 0 Å². The molecule has 1 aromatic rings. The fourth-order valence-corrected chi connectivity index (χ4v) is 4.18. The number of ether oxygens (including phenoxy) is 6. The predicted molar refractivity (Wildman–Crippen MR) is 112 cm³/mol. The fraction of sp³-hybridized carbons (Fsp3) is 0.636. The number of rotatable bonds is 6. The van der Waals surface area contributed by atoms with Crippen LogP contribution in [0.3, 0.4) is 0 Å². The predicted octanol–water partition coefficient (Wildman–Crippen LogP) is 1.54. The molecule has 5 atom stereocenters. The minimum atomic E-state index is -0.960. The lowest BCUT2D eigenvalue weighted by molar-refractivity contribution is -0.231. The summed E-state index contributed by atoms with van der Waals surface area (Å²) in [5, 5.41) is 5.52. The van der Waals surface area contributed by atoms with Gasteiger partial charge in [0.05, 0.1) is 12.8 Å². The minimum absolute atomic E-state index is 0.0755. The average molecular weight is 450 g/mol. The van der Waals surface area contributed by atoms with E-state index in [1.807, 2.05) is 6.07 Å². The van der Waals surface area contributed by atoms with E-state index in [1.165, 1.54) is 7.11 Å². The Morgan fingerprint density at radius 2 is 1.62 bits per heavy atom. The highest BCUT2D eigenvalue weighted by Gasteiger charge is 2.62. The van der Waals surface area contributed by atoms with Gasteiger partial charge >= 0.3 is 0 Å². The number of hydrogen-bond donors (Lipinski definition) is 2. The molecule has 3 heterocycles. The summed E-state index contributed by atoms with van der Waals surface area (Å²) >= 11 is 0. The van der Waals surface area contributed by atoms with Gasteiger partial charge in [0.1, 0.15) is 24.1 Å². The molecule has 3 aliphatic heterocycles. The Labute approximate surface area is 186 Å².